The van der Waals surface area contributed by atoms with Crippen molar-refractivity contribution >= 4 is 17.6 Å². The van der Waals surface area contributed by atoms with E-state index in [1.165, 1.54) is 12.8 Å². The van der Waals surface area contributed by atoms with Gasteiger partial charge in [-0.05, 0) is 32.0 Å². The lowest BCUT2D eigenvalue weighted by Crippen LogP contribution is -2.41. The molecule has 2 amide bonds. The van der Waals surface area contributed by atoms with Gasteiger partial charge in [0.15, 0.2) is 0 Å². The number of anilines is 1. The summed E-state index contributed by atoms with van der Waals surface area (Å²) in [6.45, 7) is 4.51. The number of carbonyl (C=O) groups is 2. The second kappa shape index (κ2) is 7.82. The van der Waals surface area contributed by atoms with Gasteiger partial charge in [-0.25, -0.2) is 4.98 Å². The van der Waals surface area contributed by atoms with Crippen LogP contribution in [-0.4, -0.2) is 80.0 Å². The van der Waals surface area contributed by atoms with Gasteiger partial charge in [0.1, 0.15) is 5.82 Å². The number of nitrogens with one attached hydrogen (secondary N) is 1. The molecule has 3 rings (SSSR count). The predicted octanol–water partition coefficient (Wildman–Crippen LogP) is 0.432. The molecule has 0 aromatic carbocycles. The molecule has 7 heteroatoms. The van der Waals surface area contributed by atoms with E-state index in [-0.39, 0.29) is 17.7 Å². The van der Waals surface area contributed by atoms with Gasteiger partial charge >= 0.3 is 0 Å². The van der Waals surface area contributed by atoms with Crippen LogP contribution in [0.3, 0.4) is 0 Å². The third-order valence-corrected chi connectivity index (χ3v) is 5.05. The summed E-state index contributed by atoms with van der Waals surface area (Å²) in [5.41, 5.74) is 0.650. The van der Waals surface area contributed by atoms with E-state index in [0.29, 0.717) is 25.2 Å². The fourth-order valence-electron chi connectivity index (χ4n) is 3.58. The minimum absolute atomic E-state index is 0.0148. The molecule has 0 saturated carbocycles. The molecule has 2 fully saturated rings. The normalized spacial score (nSPS) is 21.9. The number of hydrogen-bond donors (Lipinski definition) is 1. The van der Waals surface area contributed by atoms with Crippen molar-refractivity contribution in [1.29, 1.82) is 0 Å². The van der Waals surface area contributed by atoms with Crippen molar-refractivity contribution in [3.8, 4) is 0 Å². The Kier molecular flexibility index (Phi) is 5.53. The van der Waals surface area contributed by atoms with E-state index in [1.54, 1.807) is 24.2 Å². The molecule has 0 radical (unpaired) electrons. The molecule has 1 atom stereocenters. The van der Waals surface area contributed by atoms with E-state index < -0.39 is 0 Å². The van der Waals surface area contributed by atoms with Crippen LogP contribution in [0.1, 0.15) is 23.2 Å². The molecule has 7 nitrogen and oxygen atoms in total. The van der Waals surface area contributed by atoms with Crippen molar-refractivity contribution < 1.29 is 9.59 Å². The van der Waals surface area contributed by atoms with Crippen LogP contribution in [0.2, 0.25) is 0 Å². The molecule has 1 aromatic rings. The summed E-state index contributed by atoms with van der Waals surface area (Å²) in [6.07, 6.45) is 4.05. The first-order valence-corrected chi connectivity index (χ1v) is 8.99. The van der Waals surface area contributed by atoms with E-state index in [2.05, 4.69) is 20.1 Å². The largest absolute Gasteiger partial charge is 0.359 e. The van der Waals surface area contributed by atoms with Crippen LogP contribution in [-0.2, 0) is 4.79 Å². The van der Waals surface area contributed by atoms with Crippen molar-refractivity contribution in [2.24, 2.45) is 5.92 Å². The number of amides is 2. The molecule has 0 bridgehead atoms. The summed E-state index contributed by atoms with van der Waals surface area (Å²) in [5, 5.41) is 2.71. The molecule has 2 aliphatic heterocycles. The van der Waals surface area contributed by atoms with Crippen LogP contribution in [0.25, 0.3) is 0 Å². The highest BCUT2D eigenvalue weighted by Gasteiger charge is 2.29. The first kappa shape index (κ1) is 17.7. The highest BCUT2D eigenvalue weighted by molar-refractivity contribution is 5.95. The zero-order valence-corrected chi connectivity index (χ0v) is 15.1. The van der Waals surface area contributed by atoms with Crippen LogP contribution in [0, 0.1) is 5.92 Å². The Morgan fingerprint density at radius 1 is 1.16 bits per heavy atom. The zero-order valence-electron chi connectivity index (χ0n) is 15.1. The number of carbonyl (C=O) groups excluding carboxylic acids is 2. The van der Waals surface area contributed by atoms with Gasteiger partial charge in [-0.3, -0.25) is 9.59 Å². The fraction of sp³-hybridized carbons (Fsp3) is 0.611. The Morgan fingerprint density at radius 2 is 1.92 bits per heavy atom. The first-order chi connectivity index (χ1) is 12.1. The van der Waals surface area contributed by atoms with Crippen molar-refractivity contribution in [2.45, 2.75) is 12.8 Å². The van der Waals surface area contributed by atoms with E-state index >= 15 is 0 Å². The second-order valence-electron chi connectivity index (χ2n) is 6.92. The maximum atomic E-state index is 13.0. The lowest BCUT2D eigenvalue weighted by Gasteiger charge is -2.24. The van der Waals surface area contributed by atoms with Gasteiger partial charge in [-0.15, -0.1) is 0 Å². The van der Waals surface area contributed by atoms with Crippen LogP contribution in [0.15, 0.2) is 18.3 Å². The molecule has 25 heavy (non-hydrogen) atoms. The predicted molar refractivity (Wildman–Crippen MR) is 96.6 cm³/mol. The Bertz CT molecular complexity index is 630. The third-order valence-electron chi connectivity index (χ3n) is 5.05. The van der Waals surface area contributed by atoms with Gasteiger partial charge in [0, 0.05) is 58.1 Å². The number of hydrogen-bond acceptors (Lipinski definition) is 5. The van der Waals surface area contributed by atoms with Crippen LogP contribution in [0.5, 0.6) is 0 Å². The lowest BCUT2D eigenvalue weighted by atomic mass is 10.1. The first-order valence-electron chi connectivity index (χ1n) is 8.99. The lowest BCUT2D eigenvalue weighted by molar-refractivity contribution is -0.125. The molecule has 0 aliphatic carbocycles. The highest BCUT2D eigenvalue weighted by Crippen LogP contribution is 2.20. The van der Waals surface area contributed by atoms with E-state index in [0.717, 1.165) is 25.5 Å². The van der Waals surface area contributed by atoms with Crippen molar-refractivity contribution in [3.63, 3.8) is 0 Å². The standard InChI is InChI=1S/C18H27N5O2/c1-19-17(24)15-12-21(2)9-10-23(13-15)18(25)14-5-6-20-16(11-14)22-7-3-4-8-22/h5-6,11,15H,3-4,7-10,12-13H2,1-2H3,(H,19,24)/t15-/m0/s1. The third kappa shape index (κ3) is 4.10. The van der Waals surface area contributed by atoms with Crippen LogP contribution < -0.4 is 10.2 Å². The Balaban J connectivity index is 1.76. The maximum absolute atomic E-state index is 13.0. The van der Waals surface area contributed by atoms with Crippen molar-refractivity contribution in [1.82, 2.24) is 20.1 Å². The van der Waals surface area contributed by atoms with Crippen molar-refractivity contribution in [2.75, 3.05) is 58.3 Å². The number of pyridine rings is 1. The van der Waals surface area contributed by atoms with Gasteiger partial charge in [0.2, 0.25) is 5.91 Å². The molecule has 1 N–H and O–H groups in total. The van der Waals surface area contributed by atoms with E-state index in [1.807, 2.05) is 13.1 Å². The van der Waals surface area contributed by atoms with E-state index in [4.69, 9.17) is 0 Å². The number of likely N-dealkylation sites (N-methyl/N-ethyl adjacent to an activating group) is 1. The zero-order chi connectivity index (χ0) is 17.8. The summed E-state index contributed by atoms with van der Waals surface area (Å²) in [7, 11) is 3.63. The molecule has 1 aromatic heterocycles. The van der Waals surface area contributed by atoms with E-state index in [9.17, 15) is 9.59 Å². The summed E-state index contributed by atoms with van der Waals surface area (Å²) in [6, 6.07) is 3.66. The minimum Gasteiger partial charge on any atom is -0.359 e. The quantitative estimate of drug-likeness (QED) is 0.861. The Morgan fingerprint density at radius 3 is 2.64 bits per heavy atom. The smallest absolute Gasteiger partial charge is 0.254 e. The molecule has 136 valence electrons. The minimum atomic E-state index is -0.207. The topological polar surface area (TPSA) is 68.8 Å². The molecule has 0 spiro atoms. The molecule has 3 heterocycles. The SMILES string of the molecule is CNC(=O)[C@H]1CN(C)CCN(C(=O)c2ccnc(N3CCCC3)c2)C1. The van der Waals surface area contributed by atoms with Gasteiger partial charge < -0.3 is 20.0 Å². The van der Waals surface area contributed by atoms with Gasteiger partial charge in [-0.1, -0.05) is 0 Å². The summed E-state index contributed by atoms with van der Waals surface area (Å²) < 4.78 is 0. The Hall–Kier alpha value is -2.15. The summed E-state index contributed by atoms with van der Waals surface area (Å²) in [4.78, 5) is 35.7. The van der Waals surface area contributed by atoms with Crippen LogP contribution in [0.4, 0.5) is 5.82 Å². The van der Waals surface area contributed by atoms with Gasteiger partial charge in [0.05, 0.1) is 5.92 Å². The molecular formula is C18H27N5O2. The van der Waals surface area contributed by atoms with Crippen LogP contribution >= 0.6 is 0 Å². The highest BCUT2D eigenvalue weighted by atomic mass is 16.2. The average molecular weight is 345 g/mol. The monoisotopic (exact) mass is 345 g/mol. The summed E-state index contributed by atoms with van der Waals surface area (Å²) >= 11 is 0. The number of rotatable bonds is 3. The molecule has 0 unspecified atom stereocenters. The molecular weight excluding hydrogens is 318 g/mol. The molecule has 2 aliphatic rings. The average Bonchev–Trinajstić information content (AvgIpc) is 3.10. The summed E-state index contributed by atoms with van der Waals surface area (Å²) in [5.74, 6) is 0.630. The number of aromatic nitrogens is 1. The fourth-order valence-corrected chi connectivity index (χ4v) is 3.58. The molecule has 2 saturated heterocycles. The van der Waals surface area contributed by atoms with Gasteiger partial charge in [-0.2, -0.15) is 0 Å². The number of nitrogens with zero attached hydrogens (tertiary/aromatic N) is 4. The Labute approximate surface area is 149 Å². The van der Waals surface area contributed by atoms with Crippen molar-refractivity contribution in [3.05, 3.63) is 23.9 Å². The van der Waals surface area contributed by atoms with Gasteiger partial charge in [0.25, 0.3) is 5.91 Å². The second-order valence-corrected chi connectivity index (χ2v) is 6.92. The maximum Gasteiger partial charge on any atom is 0.254 e.